The quantitative estimate of drug-likeness (QED) is 0.186. The maximum absolute atomic E-state index is 14.6. The number of hydrogen-bond donors (Lipinski definition) is 0. The Morgan fingerprint density at radius 3 is 1.52 bits per heavy atom. The number of hydrogen-bond acceptors (Lipinski definition) is 6. The van der Waals surface area contributed by atoms with Gasteiger partial charge in [-0.1, -0.05) is 84.9 Å². The molecule has 0 fully saturated rings. The topological polar surface area (TPSA) is 78.9 Å². The number of benzene rings is 3. The normalized spacial score (nSPS) is 19.4. The molecule has 0 N–H and O–H groups in total. The lowest BCUT2D eigenvalue weighted by Gasteiger charge is -2.41. The Bertz CT molecular complexity index is 1320. The van der Waals surface area contributed by atoms with Crippen LogP contribution < -0.4 is 0 Å². The second-order valence-corrected chi connectivity index (χ2v) is 11.2. The molecular formula is C34H38O6. The molecule has 40 heavy (non-hydrogen) atoms. The molecule has 0 saturated carbocycles. The van der Waals surface area contributed by atoms with E-state index in [4.69, 9.17) is 14.2 Å². The first-order chi connectivity index (χ1) is 19.0. The molecule has 0 spiro atoms. The summed E-state index contributed by atoms with van der Waals surface area (Å²) in [4.78, 5) is 43.5. The van der Waals surface area contributed by atoms with E-state index in [2.05, 4.69) is 0 Å². The fourth-order valence-electron chi connectivity index (χ4n) is 5.96. The van der Waals surface area contributed by atoms with Gasteiger partial charge in [0.1, 0.15) is 5.41 Å². The highest BCUT2D eigenvalue weighted by atomic mass is 16.6. The number of carbonyl (C=O) groups excluding carboxylic acids is 3. The van der Waals surface area contributed by atoms with E-state index in [0.717, 1.165) is 5.56 Å². The lowest BCUT2D eigenvalue weighted by atomic mass is 9.61. The zero-order valence-electron chi connectivity index (χ0n) is 24.0. The van der Waals surface area contributed by atoms with Gasteiger partial charge in [-0.25, -0.2) is 0 Å². The van der Waals surface area contributed by atoms with Crippen molar-refractivity contribution in [3.63, 3.8) is 0 Å². The standard InChI is InChI=1S/C34H38O6/c1-22(2)38-30(35)33(21-25-15-9-7-10-16-25)27-19-13-14-20-28(27)34(31(36)39-23(3)4,32(37)40-24(5)6)29(33)26-17-11-8-12-18-26/h7-20,22-24,29H,21H2,1-6H3/t29-,33-/m1/s1. The molecule has 4 rings (SSSR count). The van der Waals surface area contributed by atoms with Crippen LogP contribution in [-0.4, -0.2) is 36.2 Å². The van der Waals surface area contributed by atoms with E-state index in [1.165, 1.54) is 0 Å². The summed E-state index contributed by atoms with van der Waals surface area (Å²) in [6, 6.07) is 26.0. The zero-order chi connectivity index (χ0) is 29.1. The van der Waals surface area contributed by atoms with E-state index in [-0.39, 0.29) is 6.42 Å². The van der Waals surface area contributed by atoms with Gasteiger partial charge in [-0.05, 0) is 70.2 Å². The third-order valence-electron chi connectivity index (χ3n) is 7.25. The number of ether oxygens (including phenoxy) is 3. The van der Waals surface area contributed by atoms with Crippen molar-refractivity contribution in [1.82, 2.24) is 0 Å². The number of carbonyl (C=O) groups is 3. The Morgan fingerprint density at radius 2 is 1.02 bits per heavy atom. The molecule has 0 aliphatic heterocycles. The van der Waals surface area contributed by atoms with Crippen molar-refractivity contribution < 1.29 is 28.6 Å². The summed E-state index contributed by atoms with van der Waals surface area (Å²) in [5.41, 5.74) is -0.954. The Morgan fingerprint density at radius 1 is 0.600 bits per heavy atom. The predicted octanol–water partition coefficient (Wildman–Crippen LogP) is 6.06. The number of fused-ring (bicyclic) bond motifs is 1. The van der Waals surface area contributed by atoms with E-state index >= 15 is 0 Å². The third-order valence-corrected chi connectivity index (χ3v) is 7.25. The predicted molar refractivity (Wildman–Crippen MR) is 153 cm³/mol. The highest BCUT2D eigenvalue weighted by Crippen LogP contribution is 2.62. The lowest BCUT2D eigenvalue weighted by Crippen LogP contribution is -2.55. The van der Waals surface area contributed by atoms with Crippen LogP contribution in [-0.2, 0) is 45.8 Å². The molecule has 6 nitrogen and oxygen atoms in total. The molecule has 0 radical (unpaired) electrons. The maximum atomic E-state index is 14.6. The summed E-state index contributed by atoms with van der Waals surface area (Å²) in [5, 5.41) is 0. The minimum Gasteiger partial charge on any atom is -0.462 e. The van der Waals surface area contributed by atoms with Crippen LogP contribution in [0.15, 0.2) is 84.9 Å². The van der Waals surface area contributed by atoms with Crippen molar-refractivity contribution in [2.75, 3.05) is 0 Å². The first-order valence-corrected chi connectivity index (χ1v) is 13.9. The summed E-state index contributed by atoms with van der Waals surface area (Å²) in [6.07, 6.45) is -1.25. The van der Waals surface area contributed by atoms with Crippen LogP contribution >= 0.6 is 0 Å². The Balaban J connectivity index is 2.17. The molecule has 3 aromatic rings. The first kappa shape index (κ1) is 29.1. The molecule has 210 valence electrons. The highest BCUT2D eigenvalue weighted by Gasteiger charge is 2.72. The van der Waals surface area contributed by atoms with Crippen LogP contribution in [0.25, 0.3) is 0 Å². The van der Waals surface area contributed by atoms with Crippen molar-refractivity contribution in [3.8, 4) is 0 Å². The molecule has 0 heterocycles. The molecule has 0 aromatic heterocycles. The molecule has 1 aliphatic rings. The Labute approximate surface area is 236 Å². The van der Waals surface area contributed by atoms with Crippen molar-refractivity contribution in [3.05, 3.63) is 107 Å². The Kier molecular flexibility index (Phi) is 8.48. The van der Waals surface area contributed by atoms with E-state index in [9.17, 15) is 14.4 Å². The summed E-state index contributed by atoms with van der Waals surface area (Å²) in [7, 11) is 0. The zero-order valence-corrected chi connectivity index (χ0v) is 24.0. The number of esters is 3. The summed E-state index contributed by atoms with van der Waals surface area (Å²) in [6.45, 7) is 10.5. The van der Waals surface area contributed by atoms with Crippen molar-refractivity contribution >= 4 is 17.9 Å². The van der Waals surface area contributed by atoms with Crippen LogP contribution in [0.5, 0.6) is 0 Å². The lowest BCUT2D eigenvalue weighted by molar-refractivity contribution is -0.173. The second-order valence-electron chi connectivity index (χ2n) is 11.2. The number of rotatable bonds is 9. The minimum atomic E-state index is -1.96. The van der Waals surface area contributed by atoms with E-state index in [0.29, 0.717) is 16.7 Å². The highest BCUT2D eigenvalue weighted by molar-refractivity contribution is 6.12. The average Bonchev–Trinajstić information content (AvgIpc) is 3.17. The summed E-state index contributed by atoms with van der Waals surface area (Å²) < 4.78 is 17.7. The van der Waals surface area contributed by atoms with Gasteiger partial charge in [0.15, 0.2) is 5.41 Å². The van der Waals surface area contributed by atoms with Crippen molar-refractivity contribution in [2.45, 2.75) is 83.0 Å². The van der Waals surface area contributed by atoms with Gasteiger partial charge in [-0.15, -0.1) is 0 Å². The molecule has 0 unspecified atom stereocenters. The molecular weight excluding hydrogens is 504 g/mol. The van der Waals surface area contributed by atoms with Crippen LogP contribution in [0.2, 0.25) is 0 Å². The van der Waals surface area contributed by atoms with Crippen LogP contribution in [0.1, 0.15) is 69.7 Å². The van der Waals surface area contributed by atoms with Gasteiger partial charge in [0.2, 0.25) is 0 Å². The third kappa shape index (κ3) is 5.03. The molecule has 0 bridgehead atoms. The molecule has 2 atom stereocenters. The molecule has 6 heteroatoms. The smallest absolute Gasteiger partial charge is 0.329 e. The SMILES string of the molecule is CC(C)OC(=O)C1(C(=O)OC(C)C)c2ccccc2[C@@](Cc2ccccc2)(C(=O)OC(C)C)[C@H]1c1ccccc1. The van der Waals surface area contributed by atoms with Crippen LogP contribution in [0.3, 0.4) is 0 Å². The van der Waals surface area contributed by atoms with E-state index in [1.54, 1.807) is 53.7 Å². The summed E-state index contributed by atoms with van der Waals surface area (Å²) >= 11 is 0. The van der Waals surface area contributed by atoms with Crippen LogP contribution in [0, 0.1) is 0 Å². The average molecular weight is 543 g/mol. The van der Waals surface area contributed by atoms with Gasteiger partial charge in [0, 0.05) is 5.92 Å². The fourth-order valence-corrected chi connectivity index (χ4v) is 5.96. The minimum absolute atomic E-state index is 0.196. The Hall–Kier alpha value is -3.93. The van der Waals surface area contributed by atoms with Crippen molar-refractivity contribution in [1.29, 1.82) is 0 Å². The second kappa shape index (κ2) is 11.7. The summed E-state index contributed by atoms with van der Waals surface area (Å²) in [5.74, 6) is -3.02. The maximum Gasteiger partial charge on any atom is 0.329 e. The van der Waals surface area contributed by atoms with Gasteiger partial charge in [0.25, 0.3) is 0 Å². The van der Waals surface area contributed by atoms with E-state index in [1.807, 2.05) is 72.8 Å². The van der Waals surface area contributed by atoms with Gasteiger partial charge in [0.05, 0.1) is 18.3 Å². The molecule has 3 aromatic carbocycles. The van der Waals surface area contributed by atoms with Gasteiger partial charge >= 0.3 is 17.9 Å². The van der Waals surface area contributed by atoms with Gasteiger partial charge in [-0.2, -0.15) is 0 Å². The van der Waals surface area contributed by atoms with Gasteiger partial charge in [-0.3, -0.25) is 14.4 Å². The van der Waals surface area contributed by atoms with Gasteiger partial charge < -0.3 is 14.2 Å². The van der Waals surface area contributed by atoms with Crippen LogP contribution in [0.4, 0.5) is 0 Å². The first-order valence-electron chi connectivity index (χ1n) is 13.9. The molecule has 0 amide bonds. The fraction of sp³-hybridized carbons (Fsp3) is 0.382. The van der Waals surface area contributed by atoms with E-state index < -0.39 is 53.0 Å². The molecule has 0 saturated heterocycles. The monoisotopic (exact) mass is 542 g/mol. The van der Waals surface area contributed by atoms with Crippen molar-refractivity contribution in [2.24, 2.45) is 0 Å². The largest absolute Gasteiger partial charge is 0.462 e. The molecule has 1 aliphatic carbocycles.